The van der Waals surface area contributed by atoms with Crippen molar-refractivity contribution in [3.8, 4) is 0 Å². The first kappa shape index (κ1) is 22.2. The van der Waals surface area contributed by atoms with E-state index in [4.69, 9.17) is 9.47 Å². The Balaban J connectivity index is -0.000000845. The topological polar surface area (TPSA) is 18.5 Å². The average molecular weight is 307 g/mol. The Morgan fingerprint density at radius 1 is 0.875 bits per heavy atom. The molecule has 0 aliphatic carbocycles. The van der Waals surface area contributed by atoms with Crippen molar-refractivity contribution in [3.05, 3.63) is 0 Å². The molecule has 0 unspecified atom stereocenters. The molecular weight excluding hydrogens is 277 g/mol. The SMILES string of the molecule is C.CC(C)CCCOCCCOC(C)C.[Y]. The third-order valence-electron chi connectivity index (χ3n) is 1.95. The first-order chi connectivity index (χ1) is 6.63. The monoisotopic (exact) mass is 307 g/mol. The zero-order chi connectivity index (χ0) is 10.8. The molecule has 0 atom stereocenters. The van der Waals surface area contributed by atoms with Crippen LogP contribution >= 0.6 is 0 Å². The van der Waals surface area contributed by atoms with Crippen molar-refractivity contribution in [1.29, 1.82) is 0 Å². The van der Waals surface area contributed by atoms with Crippen LogP contribution in [-0.2, 0) is 42.2 Å². The Labute approximate surface area is 128 Å². The van der Waals surface area contributed by atoms with Gasteiger partial charge in [-0.15, -0.1) is 0 Å². The minimum Gasteiger partial charge on any atom is -0.381 e. The van der Waals surface area contributed by atoms with Crippen LogP contribution in [0, 0.1) is 5.92 Å². The molecular formula is C13H30O2Y. The molecule has 2 nitrogen and oxygen atoms in total. The normalized spacial score (nSPS) is 10.1. The van der Waals surface area contributed by atoms with Crippen molar-refractivity contribution < 1.29 is 42.2 Å². The Morgan fingerprint density at radius 2 is 1.44 bits per heavy atom. The summed E-state index contributed by atoms with van der Waals surface area (Å²) in [4.78, 5) is 0. The van der Waals surface area contributed by atoms with E-state index in [0.717, 1.165) is 32.2 Å². The van der Waals surface area contributed by atoms with E-state index >= 15 is 0 Å². The summed E-state index contributed by atoms with van der Waals surface area (Å²) in [5, 5.41) is 0. The van der Waals surface area contributed by atoms with Crippen LogP contribution in [-0.4, -0.2) is 25.9 Å². The number of hydrogen-bond donors (Lipinski definition) is 0. The zero-order valence-electron chi connectivity index (χ0n) is 10.8. The molecule has 1 radical (unpaired) electrons. The van der Waals surface area contributed by atoms with E-state index in [9.17, 15) is 0 Å². The van der Waals surface area contributed by atoms with E-state index in [1.807, 2.05) is 0 Å². The summed E-state index contributed by atoms with van der Waals surface area (Å²) >= 11 is 0. The summed E-state index contributed by atoms with van der Waals surface area (Å²) in [5.74, 6) is 0.794. The van der Waals surface area contributed by atoms with Gasteiger partial charge >= 0.3 is 0 Å². The first-order valence-corrected chi connectivity index (χ1v) is 5.82. The molecule has 0 aliphatic heterocycles. The van der Waals surface area contributed by atoms with Crippen molar-refractivity contribution in [2.45, 2.75) is 60.5 Å². The van der Waals surface area contributed by atoms with Crippen LogP contribution in [0.3, 0.4) is 0 Å². The second-order valence-corrected chi connectivity index (χ2v) is 4.42. The van der Waals surface area contributed by atoms with Gasteiger partial charge in [-0.3, -0.25) is 0 Å². The molecule has 0 saturated heterocycles. The minimum atomic E-state index is 0. The zero-order valence-corrected chi connectivity index (χ0v) is 13.6. The molecule has 97 valence electrons. The maximum absolute atomic E-state index is 5.49. The molecule has 0 aromatic rings. The van der Waals surface area contributed by atoms with Crippen molar-refractivity contribution in [3.63, 3.8) is 0 Å². The molecule has 0 N–H and O–H groups in total. The quantitative estimate of drug-likeness (QED) is 0.602. The summed E-state index contributed by atoms with van der Waals surface area (Å²) in [5.41, 5.74) is 0. The molecule has 0 aromatic heterocycles. The van der Waals surface area contributed by atoms with Crippen LogP contribution in [0.15, 0.2) is 0 Å². The van der Waals surface area contributed by atoms with Gasteiger partial charge in [-0.05, 0) is 39.0 Å². The van der Waals surface area contributed by atoms with Crippen LogP contribution in [0.25, 0.3) is 0 Å². The van der Waals surface area contributed by atoms with Crippen molar-refractivity contribution in [2.75, 3.05) is 19.8 Å². The Morgan fingerprint density at radius 3 is 1.94 bits per heavy atom. The van der Waals surface area contributed by atoms with Gasteiger partial charge in [-0.1, -0.05) is 21.3 Å². The van der Waals surface area contributed by atoms with E-state index < -0.39 is 0 Å². The van der Waals surface area contributed by atoms with Crippen molar-refractivity contribution in [2.24, 2.45) is 5.92 Å². The molecule has 3 heteroatoms. The third-order valence-corrected chi connectivity index (χ3v) is 1.95. The largest absolute Gasteiger partial charge is 0.381 e. The fraction of sp³-hybridized carbons (Fsp3) is 1.00. The van der Waals surface area contributed by atoms with E-state index in [1.165, 1.54) is 12.8 Å². The summed E-state index contributed by atoms with van der Waals surface area (Å²) < 4.78 is 10.9. The predicted octanol–water partition coefficient (Wildman–Crippen LogP) is 3.89. The molecule has 0 aliphatic rings. The Hall–Kier alpha value is 1.02. The fourth-order valence-electron chi connectivity index (χ4n) is 1.18. The van der Waals surface area contributed by atoms with Crippen LogP contribution in [0.2, 0.25) is 0 Å². The Bertz CT molecular complexity index is 103. The summed E-state index contributed by atoms with van der Waals surface area (Å²) in [6.07, 6.45) is 3.81. The second kappa shape index (κ2) is 16.0. The number of rotatable bonds is 9. The minimum absolute atomic E-state index is 0. The molecule has 0 saturated carbocycles. The molecule has 0 rings (SSSR count). The van der Waals surface area contributed by atoms with Crippen LogP contribution < -0.4 is 0 Å². The number of hydrogen-bond acceptors (Lipinski definition) is 2. The maximum atomic E-state index is 5.49. The molecule has 0 aromatic carbocycles. The van der Waals surface area contributed by atoms with Gasteiger partial charge in [0, 0.05) is 52.5 Å². The summed E-state index contributed by atoms with van der Waals surface area (Å²) in [7, 11) is 0. The third kappa shape index (κ3) is 20.4. The standard InChI is InChI=1S/C12H26O2.CH4.Y/c1-11(2)7-5-8-13-9-6-10-14-12(3)4;;/h11-12H,5-10H2,1-4H3;1H4;. The van der Waals surface area contributed by atoms with Gasteiger partial charge in [0.05, 0.1) is 6.10 Å². The molecule has 0 bridgehead atoms. The second-order valence-electron chi connectivity index (χ2n) is 4.42. The van der Waals surface area contributed by atoms with Crippen LogP contribution in [0.1, 0.15) is 54.4 Å². The van der Waals surface area contributed by atoms with Crippen LogP contribution in [0.5, 0.6) is 0 Å². The van der Waals surface area contributed by atoms with Gasteiger partial charge in [0.1, 0.15) is 0 Å². The van der Waals surface area contributed by atoms with Gasteiger partial charge in [0.15, 0.2) is 0 Å². The van der Waals surface area contributed by atoms with E-state index in [-0.39, 0.29) is 40.1 Å². The van der Waals surface area contributed by atoms with E-state index in [1.54, 1.807) is 0 Å². The van der Waals surface area contributed by atoms with Gasteiger partial charge in [-0.25, -0.2) is 0 Å². The average Bonchev–Trinajstić information content (AvgIpc) is 2.08. The molecule has 0 fully saturated rings. The number of ether oxygens (including phenoxy) is 2. The summed E-state index contributed by atoms with van der Waals surface area (Å²) in [6, 6.07) is 0. The van der Waals surface area contributed by atoms with E-state index in [2.05, 4.69) is 27.7 Å². The van der Waals surface area contributed by atoms with Gasteiger partial charge in [-0.2, -0.15) is 0 Å². The molecule has 0 amide bonds. The van der Waals surface area contributed by atoms with Gasteiger partial charge in [0.25, 0.3) is 0 Å². The molecule has 16 heavy (non-hydrogen) atoms. The van der Waals surface area contributed by atoms with E-state index in [0.29, 0.717) is 6.10 Å². The maximum Gasteiger partial charge on any atom is 0.0518 e. The Kier molecular flexibility index (Phi) is 22.3. The predicted molar refractivity (Wildman–Crippen MR) is 67.3 cm³/mol. The molecule has 0 heterocycles. The van der Waals surface area contributed by atoms with Gasteiger partial charge < -0.3 is 9.47 Å². The summed E-state index contributed by atoms with van der Waals surface area (Å²) in [6.45, 7) is 11.2. The van der Waals surface area contributed by atoms with Crippen molar-refractivity contribution in [1.82, 2.24) is 0 Å². The van der Waals surface area contributed by atoms with Crippen molar-refractivity contribution >= 4 is 0 Å². The van der Waals surface area contributed by atoms with Crippen LogP contribution in [0.4, 0.5) is 0 Å². The van der Waals surface area contributed by atoms with Gasteiger partial charge in [0.2, 0.25) is 0 Å². The first-order valence-electron chi connectivity index (χ1n) is 5.82. The fourth-order valence-corrected chi connectivity index (χ4v) is 1.18. The molecule has 0 spiro atoms. The smallest absolute Gasteiger partial charge is 0.0518 e.